The molecule has 1 aliphatic heterocycles. The highest BCUT2D eigenvalue weighted by Gasteiger charge is 2.29. The van der Waals surface area contributed by atoms with E-state index in [-0.39, 0.29) is 18.5 Å². The van der Waals surface area contributed by atoms with Crippen molar-refractivity contribution in [3.8, 4) is 22.3 Å². The Morgan fingerprint density at radius 3 is 1.45 bits per heavy atom. The van der Waals surface area contributed by atoms with Crippen LogP contribution in [0.15, 0.2) is 164 Å². The maximum absolute atomic E-state index is 3.82. The van der Waals surface area contributed by atoms with E-state index < -0.39 is 0 Å². The molecule has 1 fully saturated rings. The molecule has 0 amide bonds. The molecule has 1 aromatic heterocycles. The largest absolute Gasteiger partial charge is 0.279 e. The highest BCUT2D eigenvalue weighted by atomic mass is 32.1. The topological polar surface area (TPSA) is 36.1 Å². The van der Waals surface area contributed by atoms with Gasteiger partial charge in [0.15, 0.2) is 0 Å². The van der Waals surface area contributed by atoms with Crippen LogP contribution in [0.3, 0.4) is 0 Å². The lowest BCUT2D eigenvalue weighted by molar-refractivity contribution is 0.203. The summed E-state index contributed by atoms with van der Waals surface area (Å²) in [6.45, 7) is 0. The van der Waals surface area contributed by atoms with E-state index in [2.05, 4.69) is 180 Å². The molecule has 0 radical (unpaired) electrons. The van der Waals surface area contributed by atoms with E-state index in [9.17, 15) is 0 Å². The van der Waals surface area contributed by atoms with Gasteiger partial charge in [-0.25, -0.2) is 0 Å². The molecular weight excluding hydrogens is 591 g/mol. The van der Waals surface area contributed by atoms with Gasteiger partial charge in [-0.15, -0.1) is 11.3 Å². The average molecular weight is 624 g/mol. The lowest BCUT2D eigenvalue weighted by atomic mass is 9.98. The summed E-state index contributed by atoms with van der Waals surface area (Å²) in [7, 11) is 0. The SMILES string of the molecule is c1ccc(C2NC(c3ccccc3)NC(c3ccc4c(c3)sc3cc(-c5ccc(-c6ccc7ccccc7c6)cc5)ccc34)N2)cc1. The predicted octanol–water partition coefficient (Wildman–Crippen LogP) is 10.7. The molecule has 1 saturated heterocycles. The van der Waals surface area contributed by atoms with Gasteiger partial charge in [-0.2, -0.15) is 0 Å². The molecule has 0 aliphatic carbocycles. The van der Waals surface area contributed by atoms with Crippen LogP contribution in [0.2, 0.25) is 0 Å². The van der Waals surface area contributed by atoms with Crippen LogP contribution in [0.25, 0.3) is 53.2 Å². The molecule has 0 spiro atoms. The zero-order chi connectivity index (χ0) is 31.2. The van der Waals surface area contributed by atoms with E-state index in [1.54, 1.807) is 0 Å². The van der Waals surface area contributed by atoms with Crippen LogP contribution in [0.5, 0.6) is 0 Å². The van der Waals surface area contributed by atoms with Gasteiger partial charge in [0.2, 0.25) is 0 Å². The van der Waals surface area contributed by atoms with Crippen LogP contribution in [-0.4, -0.2) is 0 Å². The fraction of sp³-hybridized carbons (Fsp3) is 0.0698. The number of rotatable bonds is 5. The van der Waals surface area contributed by atoms with Crippen LogP contribution in [-0.2, 0) is 0 Å². The molecule has 2 heterocycles. The zero-order valence-electron chi connectivity index (χ0n) is 25.7. The summed E-state index contributed by atoms with van der Waals surface area (Å²) < 4.78 is 2.61. The first-order chi connectivity index (χ1) is 23.2. The molecule has 8 aromatic rings. The van der Waals surface area contributed by atoms with Crippen molar-refractivity contribution in [2.75, 3.05) is 0 Å². The van der Waals surface area contributed by atoms with E-state index in [1.807, 2.05) is 11.3 Å². The van der Waals surface area contributed by atoms with Gasteiger partial charge in [0.25, 0.3) is 0 Å². The molecule has 3 N–H and O–H groups in total. The minimum Gasteiger partial charge on any atom is -0.279 e. The molecule has 226 valence electrons. The number of fused-ring (bicyclic) bond motifs is 4. The summed E-state index contributed by atoms with van der Waals surface area (Å²) in [5, 5.41) is 16.6. The third kappa shape index (κ3) is 5.42. The maximum atomic E-state index is 3.82. The Bertz CT molecular complexity index is 2300. The van der Waals surface area contributed by atoms with Crippen molar-refractivity contribution in [2.45, 2.75) is 18.5 Å². The molecular formula is C43H33N3S. The van der Waals surface area contributed by atoms with Crippen LogP contribution < -0.4 is 16.0 Å². The minimum absolute atomic E-state index is 0.0148. The molecule has 0 saturated carbocycles. The van der Waals surface area contributed by atoms with Gasteiger partial charge in [-0.1, -0.05) is 146 Å². The summed E-state index contributed by atoms with van der Waals surface area (Å²) in [6, 6.07) is 59.3. The van der Waals surface area contributed by atoms with E-state index in [4.69, 9.17) is 0 Å². The van der Waals surface area contributed by atoms with Gasteiger partial charge in [0.1, 0.15) is 0 Å². The summed E-state index contributed by atoms with van der Waals surface area (Å²) in [4.78, 5) is 0. The average Bonchev–Trinajstić information content (AvgIpc) is 3.52. The normalized spacial score (nSPS) is 18.2. The molecule has 3 nitrogen and oxygen atoms in total. The maximum Gasteiger partial charge on any atom is 0.0865 e. The molecule has 0 bridgehead atoms. The molecule has 9 rings (SSSR count). The Labute approximate surface area is 278 Å². The summed E-state index contributed by atoms with van der Waals surface area (Å²) in [6.07, 6.45) is 0.0137. The van der Waals surface area contributed by atoms with Gasteiger partial charge in [0.05, 0.1) is 18.5 Å². The minimum atomic E-state index is -0.0158. The summed E-state index contributed by atoms with van der Waals surface area (Å²) in [5.41, 5.74) is 8.63. The van der Waals surface area contributed by atoms with Crippen molar-refractivity contribution in [1.82, 2.24) is 16.0 Å². The lowest BCUT2D eigenvalue weighted by Gasteiger charge is -2.39. The van der Waals surface area contributed by atoms with E-state index in [0.29, 0.717) is 0 Å². The second-order valence-corrected chi connectivity index (χ2v) is 13.4. The number of hydrogen-bond donors (Lipinski definition) is 3. The van der Waals surface area contributed by atoms with E-state index in [1.165, 1.54) is 69.9 Å². The summed E-state index contributed by atoms with van der Waals surface area (Å²) in [5.74, 6) is 0. The predicted molar refractivity (Wildman–Crippen MR) is 198 cm³/mol. The quantitative estimate of drug-likeness (QED) is 0.179. The van der Waals surface area contributed by atoms with Gasteiger partial charge < -0.3 is 0 Å². The Morgan fingerprint density at radius 2 is 0.809 bits per heavy atom. The monoisotopic (exact) mass is 623 g/mol. The molecule has 4 heteroatoms. The van der Waals surface area contributed by atoms with Crippen molar-refractivity contribution in [1.29, 1.82) is 0 Å². The molecule has 2 unspecified atom stereocenters. The molecule has 47 heavy (non-hydrogen) atoms. The van der Waals surface area contributed by atoms with Gasteiger partial charge in [-0.05, 0) is 67.9 Å². The van der Waals surface area contributed by atoms with E-state index >= 15 is 0 Å². The number of benzene rings is 7. The van der Waals surface area contributed by atoms with Crippen molar-refractivity contribution in [3.05, 3.63) is 180 Å². The van der Waals surface area contributed by atoms with Crippen LogP contribution in [0, 0.1) is 0 Å². The van der Waals surface area contributed by atoms with Crippen LogP contribution in [0.1, 0.15) is 35.2 Å². The van der Waals surface area contributed by atoms with Crippen LogP contribution in [0.4, 0.5) is 0 Å². The number of thiophene rings is 1. The van der Waals surface area contributed by atoms with Crippen molar-refractivity contribution in [3.63, 3.8) is 0 Å². The Kier molecular flexibility index (Phi) is 7.14. The standard InChI is InChI=1S/C43H33N3S/c1-3-10-31(11-4-1)41-44-42(32-12-5-2-6-13-32)46-43(45-41)36-22-24-38-37-23-21-35(26-39(37)47-40(38)27-36)30-17-15-29(16-18-30)34-20-19-28-9-7-8-14-33(28)25-34/h1-27,41-46H. The zero-order valence-corrected chi connectivity index (χ0v) is 26.5. The smallest absolute Gasteiger partial charge is 0.0865 e. The van der Waals surface area contributed by atoms with Gasteiger partial charge in [-0.3, -0.25) is 16.0 Å². The van der Waals surface area contributed by atoms with Crippen molar-refractivity contribution in [2.24, 2.45) is 0 Å². The van der Waals surface area contributed by atoms with Crippen molar-refractivity contribution >= 4 is 42.3 Å². The second kappa shape index (κ2) is 11.9. The molecule has 7 aromatic carbocycles. The highest BCUT2D eigenvalue weighted by molar-refractivity contribution is 7.25. The molecule has 2 atom stereocenters. The fourth-order valence-electron chi connectivity index (χ4n) is 6.89. The Hall–Kier alpha value is -5.10. The third-order valence-electron chi connectivity index (χ3n) is 9.40. The van der Waals surface area contributed by atoms with Gasteiger partial charge >= 0.3 is 0 Å². The molecule has 1 aliphatic rings. The third-order valence-corrected chi connectivity index (χ3v) is 10.5. The van der Waals surface area contributed by atoms with E-state index in [0.717, 1.165) is 0 Å². The lowest BCUT2D eigenvalue weighted by Crippen LogP contribution is -2.54. The number of nitrogens with one attached hydrogen (secondary N) is 3. The Balaban J connectivity index is 1.02. The second-order valence-electron chi connectivity index (χ2n) is 12.3. The summed E-state index contributed by atoms with van der Waals surface area (Å²) >= 11 is 1.87. The first-order valence-electron chi connectivity index (χ1n) is 16.2. The van der Waals surface area contributed by atoms with Crippen LogP contribution >= 0.6 is 11.3 Å². The van der Waals surface area contributed by atoms with Gasteiger partial charge in [0, 0.05) is 20.2 Å². The highest BCUT2D eigenvalue weighted by Crippen LogP contribution is 2.39. The first-order valence-corrected chi connectivity index (χ1v) is 17.0. The van der Waals surface area contributed by atoms with Crippen molar-refractivity contribution < 1.29 is 0 Å². The Morgan fingerprint density at radius 1 is 0.340 bits per heavy atom. The number of hydrogen-bond acceptors (Lipinski definition) is 4. The fourth-order valence-corrected chi connectivity index (χ4v) is 8.08. The first kappa shape index (κ1) is 28.1.